The summed E-state index contributed by atoms with van der Waals surface area (Å²) in [5.41, 5.74) is 0.469. The van der Waals surface area contributed by atoms with E-state index >= 15 is 0 Å². The number of benzene rings is 2. The molecule has 1 heterocycles. The van der Waals surface area contributed by atoms with Crippen molar-refractivity contribution in [3.05, 3.63) is 52.6 Å². The van der Waals surface area contributed by atoms with Crippen molar-refractivity contribution in [2.75, 3.05) is 29.8 Å². The summed E-state index contributed by atoms with van der Waals surface area (Å²) in [6.45, 7) is 5.63. The second kappa shape index (κ2) is 8.28. The topological polar surface area (TPSA) is 102 Å². The van der Waals surface area contributed by atoms with Gasteiger partial charge in [-0.25, -0.2) is 8.42 Å². The fourth-order valence-electron chi connectivity index (χ4n) is 3.88. The van der Waals surface area contributed by atoms with Crippen molar-refractivity contribution >= 4 is 27.1 Å². The van der Waals surface area contributed by atoms with Gasteiger partial charge >= 0.3 is 0 Å². The van der Waals surface area contributed by atoms with Crippen LogP contribution in [0.25, 0.3) is 0 Å². The highest BCUT2D eigenvalue weighted by Crippen LogP contribution is 2.35. The van der Waals surface area contributed by atoms with Gasteiger partial charge in [0.1, 0.15) is 10.6 Å². The van der Waals surface area contributed by atoms with Crippen molar-refractivity contribution in [2.45, 2.75) is 25.2 Å². The first-order chi connectivity index (χ1) is 13.7. The standard InChI is InChI=1S/C20H25N3O5S/c1-14-10-15(2)13-22(12-14)18-9-8-16(23(24)25)11-20(18)29(26,27)21-17-6-4-5-7-19(17)28-3/h4-9,11,14-15,21H,10,12-13H2,1-3H3. The summed E-state index contributed by atoms with van der Waals surface area (Å²) in [5, 5.41) is 11.3. The molecule has 29 heavy (non-hydrogen) atoms. The van der Waals surface area contributed by atoms with Gasteiger partial charge in [0, 0.05) is 25.2 Å². The van der Waals surface area contributed by atoms with Gasteiger partial charge in [-0.1, -0.05) is 26.0 Å². The maximum absolute atomic E-state index is 13.3. The highest BCUT2D eigenvalue weighted by atomic mass is 32.2. The highest BCUT2D eigenvalue weighted by molar-refractivity contribution is 7.93. The number of nitro benzene ring substituents is 1. The maximum Gasteiger partial charge on any atom is 0.270 e. The summed E-state index contributed by atoms with van der Waals surface area (Å²) in [7, 11) is -2.65. The lowest BCUT2D eigenvalue weighted by atomic mass is 9.91. The van der Waals surface area contributed by atoms with E-state index in [1.165, 1.54) is 19.2 Å². The molecule has 1 N–H and O–H groups in total. The maximum atomic E-state index is 13.3. The number of nitrogens with one attached hydrogen (secondary N) is 1. The summed E-state index contributed by atoms with van der Waals surface area (Å²) >= 11 is 0. The number of hydrogen-bond acceptors (Lipinski definition) is 6. The fraction of sp³-hybridized carbons (Fsp3) is 0.400. The van der Waals surface area contributed by atoms with Crippen LogP contribution in [-0.4, -0.2) is 33.5 Å². The Morgan fingerprint density at radius 3 is 2.41 bits per heavy atom. The zero-order valence-electron chi connectivity index (χ0n) is 16.7. The molecule has 0 bridgehead atoms. The fourth-order valence-corrected chi connectivity index (χ4v) is 5.20. The van der Waals surface area contributed by atoms with Crippen molar-refractivity contribution < 1.29 is 18.1 Å². The lowest BCUT2D eigenvalue weighted by molar-refractivity contribution is -0.385. The van der Waals surface area contributed by atoms with Gasteiger partial charge in [-0.15, -0.1) is 0 Å². The smallest absolute Gasteiger partial charge is 0.270 e. The predicted octanol–water partition coefficient (Wildman–Crippen LogP) is 3.89. The normalized spacial score (nSPS) is 19.6. The average Bonchev–Trinajstić information content (AvgIpc) is 2.67. The highest BCUT2D eigenvalue weighted by Gasteiger charge is 2.29. The van der Waals surface area contributed by atoms with Crippen LogP contribution < -0.4 is 14.4 Å². The van der Waals surface area contributed by atoms with Gasteiger partial charge in [0.25, 0.3) is 15.7 Å². The Labute approximate surface area is 170 Å². The van der Waals surface area contributed by atoms with Crippen LogP contribution in [0.4, 0.5) is 17.1 Å². The second-order valence-electron chi connectivity index (χ2n) is 7.57. The van der Waals surface area contributed by atoms with Crippen molar-refractivity contribution in [2.24, 2.45) is 11.8 Å². The molecular weight excluding hydrogens is 394 g/mol. The zero-order chi connectivity index (χ0) is 21.2. The Bertz CT molecular complexity index is 999. The molecule has 0 radical (unpaired) electrons. The van der Waals surface area contributed by atoms with E-state index in [0.717, 1.165) is 12.5 Å². The minimum Gasteiger partial charge on any atom is -0.495 e. The van der Waals surface area contributed by atoms with Crippen LogP contribution >= 0.6 is 0 Å². The number of methoxy groups -OCH3 is 1. The minimum absolute atomic E-state index is 0.112. The Morgan fingerprint density at radius 2 is 1.79 bits per heavy atom. The molecule has 1 fully saturated rings. The molecule has 2 aromatic rings. The third-order valence-electron chi connectivity index (χ3n) is 5.00. The van der Waals surface area contributed by atoms with Gasteiger partial charge < -0.3 is 9.64 Å². The largest absolute Gasteiger partial charge is 0.495 e. The van der Waals surface area contributed by atoms with E-state index in [1.807, 2.05) is 4.90 Å². The zero-order valence-corrected chi connectivity index (χ0v) is 17.5. The molecule has 0 aliphatic carbocycles. The number of nitro groups is 1. The van der Waals surface area contributed by atoms with Crippen molar-refractivity contribution in [1.82, 2.24) is 0 Å². The molecule has 0 aromatic heterocycles. The monoisotopic (exact) mass is 419 g/mol. The molecule has 0 saturated carbocycles. The van der Waals surface area contributed by atoms with Gasteiger partial charge in [-0.3, -0.25) is 14.8 Å². The van der Waals surface area contributed by atoms with Crippen LogP contribution in [0.2, 0.25) is 0 Å². The first-order valence-electron chi connectivity index (χ1n) is 9.40. The van der Waals surface area contributed by atoms with E-state index in [0.29, 0.717) is 36.4 Å². The van der Waals surface area contributed by atoms with Gasteiger partial charge in [0.15, 0.2) is 0 Å². The van der Waals surface area contributed by atoms with Crippen LogP contribution in [0.1, 0.15) is 20.3 Å². The number of nitrogens with zero attached hydrogens (tertiary/aromatic N) is 2. The minimum atomic E-state index is -4.09. The number of anilines is 2. The van der Waals surface area contributed by atoms with Gasteiger partial charge in [-0.2, -0.15) is 0 Å². The Balaban J connectivity index is 2.07. The number of piperidine rings is 1. The molecule has 1 aliphatic rings. The third-order valence-corrected chi connectivity index (χ3v) is 6.40. The van der Waals surface area contributed by atoms with Crippen molar-refractivity contribution in [3.63, 3.8) is 0 Å². The molecule has 9 heteroatoms. The van der Waals surface area contributed by atoms with E-state index in [-0.39, 0.29) is 16.3 Å². The molecular formula is C20H25N3O5S. The molecule has 2 atom stereocenters. The van der Waals surface area contributed by atoms with E-state index in [9.17, 15) is 18.5 Å². The van der Waals surface area contributed by atoms with Crippen LogP contribution in [-0.2, 0) is 10.0 Å². The summed E-state index contributed by atoms with van der Waals surface area (Å²) in [4.78, 5) is 12.6. The average molecular weight is 420 g/mol. The van der Waals surface area contributed by atoms with Gasteiger partial charge in [0.2, 0.25) is 0 Å². The lowest BCUT2D eigenvalue weighted by Gasteiger charge is -2.37. The molecule has 2 unspecified atom stereocenters. The Kier molecular flexibility index (Phi) is 5.97. The van der Waals surface area contributed by atoms with Gasteiger partial charge in [0.05, 0.1) is 23.4 Å². The number of para-hydroxylation sites is 2. The molecule has 0 amide bonds. The molecule has 0 spiro atoms. The Morgan fingerprint density at radius 1 is 1.14 bits per heavy atom. The van der Waals surface area contributed by atoms with E-state index < -0.39 is 14.9 Å². The molecule has 2 aromatic carbocycles. The summed E-state index contributed by atoms with van der Waals surface area (Å²) in [5.74, 6) is 1.15. The molecule has 8 nitrogen and oxygen atoms in total. The van der Waals surface area contributed by atoms with Crippen LogP contribution in [0.3, 0.4) is 0 Å². The number of sulfonamides is 1. The first kappa shape index (κ1) is 20.9. The van der Waals surface area contributed by atoms with Crippen LogP contribution in [0, 0.1) is 22.0 Å². The van der Waals surface area contributed by atoms with E-state index in [2.05, 4.69) is 18.6 Å². The van der Waals surface area contributed by atoms with Gasteiger partial charge in [-0.05, 0) is 36.5 Å². The number of hydrogen-bond donors (Lipinski definition) is 1. The van der Waals surface area contributed by atoms with E-state index in [1.54, 1.807) is 24.3 Å². The Hall–Kier alpha value is -2.81. The summed E-state index contributed by atoms with van der Waals surface area (Å²) < 4.78 is 34.2. The quantitative estimate of drug-likeness (QED) is 0.563. The lowest BCUT2D eigenvalue weighted by Crippen LogP contribution is -2.39. The molecule has 3 rings (SSSR count). The van der Waals surface area contributed by atoms with Crippen molar-refractivity contribution in [3.8, 4) is 5.75 Å². The molecule has 1 aliphatic heterocycles. The van der Waals surface area contributed by atoms with Crippen molar-refractivity contribution in [1.29, 1.82) is 0 Å². The number of ether oxygens (including phenoxy) is 1. The number of non-ortho nitro benzene ring substituents is 1. The van der Waals surface area contributed by atoms with E-state index in [4.69, 9.17) is 4.74 Å². The first-order valence-corrected chi connectivity index (χ1v) is 10.9. The number of rotatable bonds is 6. The SMILES string of the molecule is COc1ccccc1NS(=O)(=O)c1cc([N+](=O)[O-])ccc1N1CC(C)CC(C)C1. The predicted molar refractivity (Wildman–Crippen MR) is 112 cm³/mol. The summed E-state index contributed by atoms with van der Waals surface area (Å²) in [6.07, 6.45) is 1.06. The third kappa shape index (κ3) is 4.61. The van der Waals surface area contributed by atoms with Crippen LogP contribution in [0.15, 0.2) is 47.4 Å². The van der Waals surface area contributed by atoms with Crippen LogP contribution in [0.5, 0.6) is 5.75 Å². The molecule has 1 saturated heterocycles. The molecule has 156 valence electrons. The second-order valence-corrected chi connectivity index (χ2v) is 9.22. The summed E-state index contributed by atoms with van der Waals surface area (Å²) in [6, 6.07) is 10.6.